The third kappa shape index (κ3) is 7.49. The largest absolute Gasteiger partial charge is 0.497 e. The van der Waals surface area contributed by atoms with Crippen LogP contribution in [0.1, 0.15) is 30.0 Å². The number of benzene rings is 3. The molecular weight excluding hydrogens is 569 g/mol. The Hall–Kier alpha value is -3.00. The van der Waals surface area contributed by atoms with Crippen molar-refractivity contribution >= 4 is 46.9 Å². The number of para-hydroxylation sites is 1. The number of methoxy groups -OCH3 is 2. The van der Waals surface area contributed by atoms with Crippen LogP contribution in [-0.2, 0) is 6.54 Å². The first-order valence-corrected chi connectivity index (χ1v) is 14.2. The van der Waals surface area contributed by atoms with Gasteiger partial charge in [-0.15, -0.1) is 24.8 Å². The molecule has 1 N–H and O–H groups in total. The minimum atomic E-state index is -0.444. The monoisotopic (exact) mass is 611 g/mol. The van der Waals surface area contributed by atoms with Crippen molar-refractivity contribution in [2.45, 2.75) is 26.0 Å². The zero-order valence-corrected chi connectivity index (χ0v) is 26.6. The molecule has 1 saturated heterocycles. The average molecular weight is 613 g/mol. The maximum Gasteiger partial charge on any atom is 0.119 e. The highest BCUT2D eigenvalue weighted by Gasteiger charge is 2.21. The van der Waals surface area contributed by atoms with Gasteiger partial charge in [0.25, 0.3) is 0 Å². The summed E-state index contributed by atoms with van der Waals surface area (Å²) in [6.45, 7) is 7.56. The third-order valence-corrected chi connectivity index (χ3v) is 7.98. The van der Waals surface area contributed by atoms with Crippen molar-refractivity contribution < 1.29 is 14.6 Å². The smallest absolute Gasteiger partial charge is 0.119 e. The van der Waals surface area contributed by atoms with Crippen LogP contribution in [0.3, 0.4) is 0 Å². The quantitative estimate of drug-likeness (QED) is 0.222. The summed E-state index contributed by atoms with van der Waals surface area (Å²) < 4.78 is 13.3. The Morgan fingerprint density at radius 1 is 0.810 bits per heavy atom. The van der Waals surface area contributed by atoms with Gasteiger partial charge >= 0.3 is 0 Å². The predicted molar refractivity (Wildman–Crippen MR) is 179 cm³/mol. The van der Waals surface area contributed by atoms with E-state index in [0.717, 1.165) is 60.7 Å². The van der Waals surface area contributed by atoms with Gasteiger partial charge in [-0.2, -0.15) is 0 Å². The molecule has 1 fully saturated rings. The van der Waals surface area contributed by atoms with Gasteiger partial charge in [-0.1, -0.05) is 49.4 Å². The number of hydrogen-bond acceptors (Lipinski definition) is 5. The maximum absolute atomic E-state index is 11.1. The highest BCUT2D eigenvalue weighted by Crippen LogP contribution is 2.39. The van der Waals surface area contributed by atoms with Crippen LogP contribution in [0.15, 0.2) is 79.0 Å². The molecule has 0 spiro atoms. The van der Waals surface area contributed by atoms with Gasteiger partial charge in [0.15, 0.2) is 0 Å². The van der Waals surface area contributed by atoms with Gasteiger partial charge in [0, 0.05) is 61.9 Å². The lowest BCUT2D eigenvalue weighted by Gasteiger charge is -2.33. The van der Waals surface area contributed by atoms with Crippen LogP contribution in [0, 0.1) is 0 Å². The molecule has 1 aliphatic heterocycles. The van der Waals surface area contributed by atoms with Crippen LogP contribution >= 0.6 is 24.8 Å². The molecule has 8 heteroatoms. The molecule has 1 atom stereocenters. The minimum absolute atomic E-state index is 0. The zero-order chi connectivity index (χ0) is 28.1. The van der Waals surface area contributed by atoms with Gasteiger partial charge in [0.1, 0.15) is 11.5 Å². The van der Waals surface area contributed by atoms with Gasteiger partial charge < -0.3 is 24.0 Å². The Labute approximate surface area is 262 Å². The standard InChI is InChI=1S/C34H41N3O3.2ClH/c1-5-30(34(25-13-15-28(39-3)16-14-25)26-9-8-10-29(21-26)40-4)32-24-37(33-12-7-6-11-31(32)33)23-27(38)22-36-19-17-35(2)18-20-36;;/h6-16,21,24,27,38H,5,17-20,22-23H2,1-4H3;2*1H/b34-30+;;. The molecule has 226 valence electrons. The molecule has 0 aliphatic carbocycles. The van der Waals surface area contributed by atoms with E-state index in [1.165, 1.54) is 22.1 Å². The van der Waals surface area contributed by atoms with E-state index in [0.29, 0.717) is 13.1 Å². The van der Waals surface area contributed by atoms with Gasteiger partial charge in [0.2, 0.25) is 0 Å². The highest BCUT2D eigenvalue weighted by atomic mass is 35.5. The van der Waals surface area contributed by atoms with Gasteiger partial charge in [0.05, 0.1) is 20.3 Å². The number of ether oxygens (including phenoxy) is 2. The molecule has 5 rings (SSSR count). The lowest BCUT2D eigenvalue weighted by Crippen LogP contribution is -2.47. The van der Waals surface area contributed by atoms with Crippen molar-refractivity contribution in [1.29, 1.82) is 0 Å². The van der Waals surface area contributed by atoms with Crippen molar-refractivity contribution in [1.82, 2.24) is 14.4 Å². The lowest BCUT2D eigenvalue weighted by molar-refractivity contribution is 0.0717. The van der Waals surface area contributed by atoms with Crippen molar-refractivity contribution in [3.8, 4) is 11.5 Å². The van der Waals surface area contributed by atoms with Crippen LogP contribution < -0.4 is 9.47 Å². The van der Waals surface area contributed by atoms with E-state index in [-0.39, 0.29) is 24.8 Å². The van der Waals surface area contributed by atoms with Crippen LogP contribution in [0.2, 0.25) is 0 Å². The van der Waals surface area contributed by atoms with Crippen molar-refractivity contribution in [3.05, 3.63) is 95.7 Å². The molecule has 0 bridgehead atoms. The number of allylic oxidation sites excluding steroid dienone is 1. The van der Waals surface area contributed by atoms with E-state index in [1.807, 2.05) is 24.3 Å². The number of aliphatic hydroxyl groups is 1. The van der Waals surface area contributed by atoms with E-state index in [2.05, 4.69) is 83.1 Å². The summed E-state index contributed by atoms with van der Waals surface area (Å²) in [5.41, 5.74) is 6.98. The Morgan fingerprint density at radius 2 is 1.50 bits per heavy atom. The zero-order valence-electron chi connectivity index (χ0n) is 25.0. The Balaban J connectivity index is 0.00000242. The fourth-order valence-corrected chi connectivity index (χ4v) is 5.80. The predicted octanol–water partition coefficient (Wildman–Crippen LogP) is 6.48. The molecule has 4 aromatic rings. The lowest BCUT2D eigenvalue weighted by atomic mass is 9.88. The molecule has 2 heterocycles. The first kappa shape index (κ1) is 33.5. The van der Waals surface area contributed by atoms with Crippen LogP contribution in [-0.4, -0.2) is 79.6 Å². The summed E-state index contributed by atoms with van der Waals surface area (Å²) in [5.74, 6) is 1.66. The van der Waals surface area contributed by atoms with E-state index in [9.17, 15) is 5.11 Å². The van der Waals surface area contributed by atoms with Crippen LogP contribution in [0.25, 0.3) is 22.0 Å². The van der Waals surface area contributed by atoms with Crippen LogP contribution in [0.4, 0.5) is 0 Å². The van der Waals surface area contributed by atoms with E-state index < -0.39 is 6.10 Å². The summed E-state index contributed by atoms with van der Waals surface area (Å²) in [7, 11) is 5.56. The van der Waals surface area contributed by atoms with Crippen molar-refractivity contribution in [2.24, 2.45) is 0 Å². The summed E-state index contributed by atoms with van der Waals surface area (Å²) in [4.78, 5) is 4.72. The molecule has 3 aromatic carbocycles. The third-order valence-electron chi connectivity index (χ3n) is 7.98. The van der Waals surface area contributed by atoms with Gasteiger partial charge in [-0.3, -0.25) is 4.90 Å². The molecule has 6 nitrogen and oxygen atoms in total. The Morgan fingerprint density at radius 3 is 2.17 bits per heavy atom. The first-order chi connectivity index (χ1) is 19.5. The normalized spacial score (nSPS) is 15.4. The number of nitrogens with zero attached hydrogens (tertiary/aromatic N) is 3. The second-order valence-corrected chi connectivity index (χ2v) is 10.6. The summed E-state index contributed by atoms with van der Waals surface area (Å²) in [6.07, 6.45) is 2.64. The topological polar surface area (TPSA) is 50.1 Å². The number of rotatable bonds is 10. The number of fused-ring (bicyclic) bond motifs is 1. The van der Waals surface area contributed by atoms with Gasteiger partial charge in [-0.05, 0) is 66.1 Å². The minimum Gasteiger partial charge on any atom is -0.497 e. The van der Waals surface area contributed by atoms with Crippen LogP contribution in [0.5, 0.6) is 11.5 Å². The second-order valence-electron chi connectivity index (χ2n) is 10.6. The van der Waals surface area contributed by atoms with Crippen molar-refractivity contribution in [2.75, 3.05) is 54.0 Å². The Bertz CT molecular complexity index is 1460. The summed E-state index contributed by atoms with van der Waals surface area (Å²) in [6, 6.07) is 25.1. The number of hydrogen-bond donors (Lipinski definition) is 1. The van der Waals surface area contributed by atoms with E-state index in [1.54, 1.807) is 14.2 Å². The number of piperazine rings is 1. The molecule has 1 aliphatic rings. The summed E-state index contributed by atoms with van der Waals surface area (Å²) in [5, 5.41) is 12.3. The fourth-order valence-electron chi connectivity index (χ4n) is 5.80. The second kappa shape index (κ2) is 15.5. The van der Waals surface area contributed by atoms with Gasteiger partial charge in [-0.25, -0.2) is 0 Å². The molecule has 42 heavy (non-hydrogen) atoms. The first-order valence-electron chi connectivity index (χ1n) is 14.2. The van der Waals surface area contributed by atoms with E-state index in [4.69, 9.17) is 9.47 Å². The maximum atomic E-state index is 11.1. The Kier molecular flexibility index (Phi) is 12.3. The number of halogens is 2. The molecular formula is C34H43Cl2N3O3. The summed E-state index contributed by atoms with van der Waals surface area (Å²) >= 11 is 0. The van der Waals surface area contributed by atoms with E-state index >= 15 is 0 Å². The number of aliphatic hydroxyl groups excluding tert-OH is 1. The molecule has 1 aromatic heterocycles. The number of aromatic nitrogens is 1. The number of β-amino-alcohol motifs (C(OH)–C–C–N with tert-alkyl or cyclic N) is 1. The molecule has 0 radical (unpaired) electrons. The van der Waals surface area contributed by atoms with Crippen molar-refractivity contribution in [3.63, 3.8) is 0 Å². The highest BCUT2D eigenvalue weighted by molar-refractivity contribution is 6.05. The average Bonchev–Trinajstić information content (AvgIpc) is 3.34. The fraction of sp³-hybridized carbons (Fsp3) is 0.353. The molecule has 0 saturated carbocycles. The number of likely N-dealkylation sites (N-methyl/N-ethyl adjacent to an activating group) is 1. The molecule has 0 amide bonds. The molecule has 1 unspecified atom stereocenters. The SMILES string of the molecule is CC/C(=C(/c1ccc(OC)cc1)c1cccc(OC)c1)c1cn(CC(O)CN2CCN(C)CC2)c2ccccc12.Cl.Cl.